The quantitative estimate of drug-likeness (QED) is 0.872. The van der Waals surface area contributed by atoms with Crippen LogP contribution in [0.25, 0.3) is 0 Å². The van der Waals surface area contributed by atoms with E-state index < -0.39 is 27.6 Å². The highest BCUT2D eigenvalue weighted by Crippen LogP contribution is 2.27. The summed E-state index contributed by atoms with van der Waals surface area (Å²) in [7, 11) is -3.81. The molecule has 3 rings (SSSR count). The van der Waals surface area contributed by atoms with Gasteiger partial charge in [0.25, 0.3) is 10.0 Å². The summed E-state index contributed by atoms with van der Waals surface area (Å²) in [6.45, 7) is 0. The Morgan fingerprint density at radius 3 is 2.64 bits per heavy atom. The second-order valence-corrected chi connectivity index (χ2v) is 6.88. The van der Waals surface area contributed by atoms with Gasteiger partial charge in [0, 0.05) is 24.6 Å². The first kappa shape index (κ1) is 17.0. The fourth-order valence-electron chi connectivity index (χ4n) is 2.30. The van der Waals surface area contributed by atoms with E-state index in [4.69, 9.17) is 0 Å². The van der Waals surface area contributed by atoms with E-state index in [2.05, 4.69) is 15.0 Å². The number of para-hydroxylation sites is 1. The molecule has 0 atom stereocenters. The van der Waals surface area contributed by atoms with Crippen LogP contribution in [0.15, 0.2) is 51.8 Å². The summed E-state index contributed by atoms with van der Waals surface area (Å²) in [5, 5.41) is 5.28. The van der Waals surface area contributed by atoms with Crippen molar-refractivity contribution in [2.45, 2.75) is 17.7 Å². The molecule has 9 heteroatoms. The van der Waals surface area contributed by atoms with Gasteiger partial charge in [-0.05, 0) is 24.3 Å². The Kier molecular flexibility index (Phi) is 4.49. The number of amides is 1. The molecule has 1 aliphatic rings. The predicted molar refractivity (Wildman–Crippen MR) is 88.9 cm³/mol. The van der Waals surface area contributed by atoms with Crippen molar-refractivity contribution in [1.82, 2.24) is 0 Å². The van der Waals surface area contributed by atoms with Gasteiger partial charge < -0.3 is 10.6 Å². The van der Waals surface area contributed by atoms with Gasteiger partial charge in [-0.15, -0.1) is 4.40 Å². The molecule has 2 aromatic carbocycles. The number of hydrogen-bond acceptors (Lipinski definition) is 4. The van der Waals surface area contributed by atoms with Crippen molar-refractivity contribution >= 4 is 33.1 Å². The first-order valence-corrected chi connectivity index (χ1v) is 8.74. The number of nitrogens with zero attached hydrogens (tertiary/aromatic N) is 1. The van der Waals surface area contributed by atoms with Crippen LogP contribution < -0.4 is 10.6 Å². The molecule has 0 aromatic heterocycles. The van der Waals surface area contributed by atoms with Gasteiger partial charge in [-0.1, -0.05) is 12.1 Å². The SMILES string of the molecule is O=C(CCC1=NS(=O)(=O)c2ccccc2N1)Nc1ccc(F)c(F)c1. The molecule has 0 unspecified atom stereocenters. The zero-order valence-corrected chi connectivity index (χ0v) is 13.6. The van der Waals surface area contributed by atoms with Crippen LogP contribution in [0, 0.1) is 11.6 Å². The van der Waals surface area contributed by atoms with Gasteiger partial charge in [-0.25, -0.2) is 8.78 Å². The van der Waals surface area contributed by atoms with Crippen molar-refractivity contribution in [1.29, 1.82) is 0 Å². The van der Waals surface area contributed by atoms with Crippen LogP contribution in [0.4, 0.5) is 20.2 Å². The normalized spacial score (nSPS) is 14.9. The maximum Gasteiger partial charge on any atom is 0.286 e. The van der Waals surface area contributed by atoms with E-state index in [0.717, 1.165) is 12.1 Å². The van der Waals surface area contributed by atoms with Crippen LogP contribution >= 0.6 is 0 Å². The van der Waals surface area contributed by atoms with E-state index in [1.165, 1.54) is 12.1 Å². The van der Waals surface area contributed by atoms with Crippen LogP contribution in [-0.2, 0) is 14.8 Å². The first-order valence-electron chi connectivity index (χ1n) is 7.30. The Hall–Kier alpha value is -2.81. The molecule has 1 heterocycles. The van der Waals surface area contributed by atoms with Crippen LogP contribution in [0.3, 0.4) is 0 Å². The second-order valence-electron chi connectivity index (χ2n) is 5.31. The minimum Gasteiger partial charge on any atom is -0.342 e. The Balaban J connectivity index is 1.65. The highest BCUT2D eigenvalue weighted by molar-refractivity contribution is 7.90. The van der Waals surface area contributed by atoms with E-state index in [1.807, 2.05) is 0 Å². The van der Waals surface area contributed by atoms with Crippen LogP contribution in [0.2, 0.25) is 0 Å². The standard InChI is InChI=1S/C16H13F2N3O3S/c17-11-6-5-10(9-12(11)18)19-16(22)8-7-15-20-13-3-1-2-4-14(13)25(23,24)21-15/h1-6,9H,7-8H2,(H,19,22)(H,20,21). The fourth-order valence-corrected chi connectivity index (χ4v) is 3.48. The van der Waals surface area contributed by atoms with E-state index >= 15 is 0 Å². The summed E-state index contributed by atoms with van der Waals surface area (Å²) < 4.78 is 53.8. The number of sulfonamides is 1. The van der Waals surface area contributed by atoms with Crippen molar-refractivity contribution in [3.05, 3.63) is 54.1 Å². The Morgan fingerprint density at radius 1 is 1.12 bits per heavy atom. The summed E-state index contributed by atoms with van der Waals surface area (Å²) in [6, 6.07) is 9.31. The smallest absolute Gasteiger partial charge is 0.286 e. The third-order valence-electron chi connectivity index (χ3n) is 3.47. The summed E-state index contributed by atoms with van der Waals surface area (Å²) in [5.74, 6) is -2.42. The highest BCUT2D eigenvalue weighted by atomic mass is 32.2. The fraction of sp³-hybridized carbons (Fsp3) is 0.125. The average Bonchev–Trinajstić information content (AvgIpc) is 2.56. The molecule has 0 bridgehead atoms. The summed E-state index contributed by atoms with van der Waals surface area (Å²) in [6.07, 6.45) is -0.0361. The largest absolute Gasteiger partial charge is 0.342 e. The number of carbonyl (C=O) groups is 1. The van der Waals surface area contributed by atoms with Gasteiger partial charge in [-0.3, -0.25) is 4.79 Å². The number of anilines is 2. The number of fused-ring (bicyclic) bond motifs is 1. The molecule has 0 saturated heterocycles. The Morgan fingerprint density at radius 2 is 1.88 bits per heavy atom. The lowest BCUT2D eigenvalue weighted by molar-refractivity contribution is -0.116. The van der Waals surface area contributed by atoms with E-state index in [-0.39, 0.29) is 29.3 Å². The van der Waals surface area contributed by atoms with Gasteiger partial charge >= 0.3 is 0 Å². The Bertz CT molecular complexity index is 974. The molecule has 130 valence electrons. The summed E-state index contributed by atoms with van der Waals surface area (Å²) >= 11 is 0. The Labute approximate surface area is 142 Å². The molecular weight excluding hydrogens is 352 g/mol. The maximum atomic E-state index is 13.1. The van der Waals surface area contributed by atoms with E-state index in [9.17, 15) is 22.0 Å². The topological polar surface area (TPSA) is 87.6 Å². The lowest BCUT2D eigenvalue weighted by atomic mass is 10.2. The van der Waals surface area contributed by atoms with E-state index in [1.54, 1.807) is 18.2 Å². The summed E-state index contributed by atoms with van der Waals surface area (Å²) in [4.78, 5) is 12.0. The molecule has 2 N–H and O–H groups in total. The number of halogens is 2. The van der Waals surface area contributed by atoms with Gasteiger partial charge in [0.05, 0.1) is 5.69 Å². The van der Waals surface area contributed by atoms with Crippen molar-refractivity contribution < 1.29 is 22.0 Å². The first-order chi connectivity index (χ1) is 11.8. The van der Waals surface area contributed by atoms with Gasteiger partial charge in [0.1, 0.15) is 10.7 Å². The molecule has 25 heavy (non-hydrogen) atoms. The lowest BCUT2D eigenvalue weighted by Crippen LogP contribution is -2.23. The van der Waals surface area contributed by atoms with Gasteiger partial charge in [-0.2, -0.15) is 8.42 Å². The monoisotopic (exact) mass is 365 g/mol. The third-order valence-corrected chi connectivity index (χ3v) is 4.84. The third kappa shape index (κ3) is 3.82. The number of rotatable bonds is 4. The zero-order chi connectivity index (χ0) is 18.0. The lowest BCUT2D eigenvalue weighted by Gasteiger charge is -2.17. The zero-order valence-electron chi connectivity index (χ0n) is 12.8. The summed E-state index contributed by atoms with van der Waals surface area (Å²) in [5.41, 5.74) is 0.508. The number of benzene rings is 2. The average molecular weight is 365 g/mol. The van der Waals surface area contributed by atoms with Gasteiger partial charge in [0.2, 0.25) is 5.91 Å². The minimum absolute atomic E-state index is 0.0447. The van der Waals surface area contributed by atoms with Crippen LogP contribution in [-0.4, -0.2) is 20.2 Å². The molecule has 1 amide bonds. The van der Waals surface area contributed by atoms with Crippen molar-refractivity contribution in [3.63, 3.8) is 0 Å². The molecule has 0 radical (unpaired) electrons. The molecule has 1 aliphatic heterocycles. The second kappa shape index (κ2) is 6.60. The molecule has 0 aliphatic carbocycles. The molecule has 0 spiro atoms. The van der Waals surface area contributed by atoms with Gasteiger partial charge in [0.15, 0.2) is 11.6 Å². The van der Waals surface area contributed by atoms with Crippen molar-refractivity contribution in [2.24, 2.45) is 4.40 Å². The minimum atomic E-state index is -3.81. The van der Waals surface area contributed by atoms with Crippen molar-refractivity contribution in [2.75, 3.05) is 10.6 Å². The number of hydrogen-bond donors (Lipinski definition) is 2. The highest BCUT2D eigenvalue weighted by Gasteiger charge is 2.24. The maximum absolute atomic E-state index is 13.1. The molecule has 6 nitrogen and oxygen atoms in total. The van der Waals surface area contributed by atoms with Crippen molar-refractivity contribution in [3.8, 4) is 0 Å². The molecule has 2 aromatic rings. The molecular formula is C16H13F2N3O3S. The van der Waals surface area contributed by atoms with Crippen LogP contribution in [0.1, 0.15) is 12.8 Å². The number of amidine groups is 1. The van der Waals surface area contributed by atoms with Crippen LogP contribution in [0.5, 0.6) is 0 Å². The number of nitrogens with one attached hydrogen (secondary N) is 2. The molecule has 0 fully saturated rings. The predicted octanol–water partition coefficient (Wildman–Crippen LogP) is 2.90. The molecule has 0 saturated carbocycles. The number of carbonyl (C=O) groups excluding carboxylic acids is 1. The van der Waals surface area contributed by atoms with E-state index in [0.29, 0.717) is 5.69 Å².